The van der Waals surface area contributed by atoms with Crippen LogP contribution in [0.1, 0.15) is 12.5 Å². The summed E-state index contributed by atoms with van der Waals surface area (Å²) in [6.45, 7) is 4.79. The minimum atomic E-state index is 0.604. The van der Waals surface area contributed by atoms with Gasteiger partial charge in [-0.25, -0.2) is 4.98 Å². The van der Waals surface area contributed by atoms with Crippen molar-refractivity contribution in [1.82, 2.24) is 9.97 Å². The van der Waals surface area contributed by atoms with Crippen molar-refractivity contribution >= 4 is 29.1 Å². The Bertz CT molecular complexity index is 522. The second kappa shape index (κ2) is 5.69. The number of aromatic nitrogens is 2. The molecule has 0 spiro atoms. The molecular weight excluding hydrogens is 248 g/mol. The van der Waals surface area contributed by atoms with Crippen LogP contribution in [-0.4, -0.2) is 16.5 Å². The van der Waals surface area contributed by atoms with Gasteiger partial charge in [-0.15, -0.1) is 0 Å². The lowest BCUT2D eigenvalue weighted by Gasteiger charge is -2.11. The molecule has 2 aromatic rings. The zero-order chi connectivity index (χ0) is 13.0. The van der Waals surface area contributed by atoms with E-state index in [2.05, 4.69) is 20.6 Å². The molecule has 0 unspecified atom stereocenters. The van der Waals surface area contributed by atoms with Crippen molar-refractivity contribution in [2.24, 2.45) is 0 Å². The fourth-order valence-corrected chi connectivity index (χ4v) is 1.86. The van der Waals surface area contributed by atoms with E-state index < -0.39 is 0 Å². The minimum Gasteiger partial charge on any atom is -0.354 e. The van der Waals surface area contributed by atoms with Crippen LogP contribution in [0, 0.1) is 6.92 Å². The molecule has 0 aliphatic carbocycles. The molecule has 0 aliphatic rings. The number of rotatable bonds is 4. The number of anilines is 3. The van der Waals surface area contributed by atoms with Crippen molar-refractivity contribution in [3.63, 3.8) is 0 Å². The molecule has 1 aromatic heterocycles. The van der Waals surface area contributed by atoms with Gasteiger partial charge in [0, 0.05) is 12.7 Å². The number of hydrogen-bond acceptors (Lipinski definition) is 4. The molecule has 5 heteroatoms. The third-order valence-corrected chi connectivity index (χ3v) is 2.78. The molecule has 1 heterocycles. The van der Waals surface area contributed by atoms with Gasteiger partial charge in [0.15, 0.2) is 0 Å². The Morgan fingerprint density at radius 1 is 1.28 bits per heavy atom. The van der Waals surface area contributed by atoms with Gasteiger partial charge in [0.1, 0.15) is 5.82 Å². The summed E-state index contributed by atoms with van der Waals surface area (Å²) in [4.78, 5) is 8.47. The van der Waals surface area contributed by atoms with Crippen LogP contribution >= 0.6 is 11.6 Å². The van der Waals surface area contributed by atoms with E-state index in [1.165, 1.54) is 0 Å². The number of benzene rings is 1. The van der Waals surface area contributed by atoms with Crippen molar-refractivity contribution in [1.29, 1.82) is 0 Å². The maximum Gasteiger partial charge on any atom is 0.224 e. The van der Waals surface area contributed by atoms with Crippen LogP contribution in [0.25, 0.3) is 0 Å². The third kappa shape index (κ3) is 2.90. The van der Waals surface area contributed by atoms with Crippen LogP contribution in [0.15, 0.2) is 30.5 Å². The highest BCUT2D eigenvalue weighted by atomic mass is 35.5. The molecule has 94 valence electrons. The zero-order valence-electron chi connectivity index (χ0n) is 10.4. The topological polar surface area (TPSA) is 49.8 Å². The Morgan fingerprint density at radius 3 is 2.83 bits per heavy atom. The molecule has 0 bridgehead atoms. The molecule has 0 aliphatic heterocycles. The van der Waals surface area contributed by atoms with Crippen LogP contribution in [-0.2, 0) is 0 Å². The first kappa shape index (κ1) is 12.6. The molecule has 0 atom stereocenters. The quantitative estimate of drug-likeness (QED) is 0.884. The van der Waals surface area contributed by atoms with Gasteiger partial charge in [-0.1, -0.05) is 23.7 Å². The summed E-state index contributed by atoms with van der Waals surface area (Å²) in [7, 11) is 0. The molecule has 0 amide bonds. The summed E-state index contributed by atoms with van der Waals surface area (Å²) in [6.07, 6.45) is 1.71. The number of nitrogens with zero attached hydrogens (tertiary/aromatic N) is 2. The first-order valence-corrected chi connectivity index (χ1v) is 6.17. The van der Waals surface area contributed by atoms with Gasteiger partial charge in [0.2, 0.25) is 5.95 Å². The zero-order valence-corrected chi connectivity index (χ0v) is 11.1. The second-order valence-corrected chi connectivity index (χ2v) is 4.26. The van der Waals surface area contributed by atoms with Gasteiger partial charge >= 0.3 is 0 Å². The van der Waals surface area contributed by atoms with Crippen LogP contribution in [0.3, 0.4) is 0 Å². The van der Waals surface area contributed by atoms with Crippen molar-refractivity contribution in [3.05, 3.63) is 41.0 Å². The minimum absolute atomic E-state index is 0.604. The lowest BCUT2D eigenvalue weighted by atomic mass is 10.2. The van der Waals surface area contributed by atoms with E-state index in [1.54, 1.807) is 6.20 Å². The molecule has 0 saturated carbocycles. The highest BCUT2D eigenvalue weighted by molar-refractivity contribution is 6.33. The average molecular weight is 263 g/mol. The second-order valence-electron chi connectivity index (χ2n) is 3.85. The smallest absolute Gasteiger partial charge is 0.224 e. The number of nitrogens with one attached hydrogen (secondary N) is 2. The van der Waals surface area contributed by atoms with E-state index in [4.69, 9.17) is 11.6 Å². The Morgan fingerprint density at radius 2 is 2.11 bits per heavy atom. The fraction of sp³-hybridized carbons (Fsp3) is 0.231. The Hall–Kier alpha value is -1.81. The maximum absolute atomic E-state index is 6.16. The van der Waals surface area contributed by atoms with Crippen LogP contribution < -0.4 is 10.6 Å². The van der Waals surface area contributed by atoms with Crippen LogP contribution in [0.2, 0.25) is 5.02 Å². The van der Waals surface area contributed by atoms with Gasteiger partial charge in [0.05, 0.1) is 10.7 Å². The predicted octanol–water partition coefficient (Wildman–Crippen LogP) is 3.61. The van der Waals surface area contributed by atoms with E-state index in [9.17, 15) is 0 Å². The van der Waals surface area contributed by atoms with Crippen molar-refractivity contribution in [2.45, 2.75) is 13.8 Å². The predicted molar refractivity (Wildman–Crippen MR) is 75.7 cm³/mol. The molecule has 0 saturated heterocycles. The third-order valence-electron chi connectivity index (χ3n) is 2.47. The van der Waals surface area contributed by atoms with Crippen LogP contribution in [0.4, 0.5) is 17.5 Å². The molecule has 2 rings (SSSR count). The van der Waals surface area contributed by atoms with Crippen molar-refractivity contribution < 1.29 is 0 Å². The Kier molecular flexibility index (Phi) is 3.99. The molecule has 0 fully saturated rings. The van der Waals surface area contributed by atoms with Gasteiger partial charge < -0.3 is 10.6 Å². The maximum atomic E-state index is 6.16. The molecule has 1 aromatic carbocycles. The fourth-order valence-electron chi connectivity index (χ4n) is 1.59. The first-order chi connectivity index (χ1) is 8.70. The highest BCUT2D eigenvalue weighted by Gasteiger charge is 2.05. The average Bonchev–Trinajstić information content (AvgIpc) is 2.35. The Labute approximate surface area is 111 Å². The van der Waals surface area contributed by atoms with Crippen molar-refractivity contribution in [2.75, 3.05) is 17.2 Å². The first-order valence-electron chi connectivity index (χ1n) is 5.79. The summed E-state index contributed by atoms with van der Waals surface area (Å²) < 4.78 is 0. The number of hydrogen-bond donors (Lipinski definition) is 2. The molecule has 18 heavy (non-hydrogen) atoms. The summed E-state index contributed by atoms with van der Waals surface area (Å²) in [5.41, 5.74) is 1.95. The van der Waals surface area contributed by atoms with Crippen molar-refractivity contribution in [3.8, 4) is 0 Å². The normalized spacial score (nSPS) is 10.2. The van der Waals surface area contributed by atoms with Gasteiger partial charge in [-0.05, 0) is 31.5 Å². The van der Waals surface area contributed by atoms with Crippen LogP contribution in [0.5, 0.6) is 0 Å². The molecule has 0 radical (unpaired) electrons. The van der Waals surface area contributed by atoms with E-state index in [1.807, 2.05) is 38.1 Å². The number of aryl methyl sites for hydroxylation is 1. The molecule has 2 N–H and O–H groups in total. The van der Waals surface area contributed by atoms with E-state index >= 15 is 0 Å². The van der Waals surface area contributed by atoms with Gasteiger partial charge in [-0.3, -0.25) is 0 Å². The molecule has 4 nitrogen and oxygen atoms in total. The lowest BCUT2D eigenvalue weighted by molar-refractivity contribution is 1.09. The Balaban J connectivity index is 2.26. The summed E-state index contributed by atoms with van der Waals surface area (Å²) in [6, 6.07) is 7.58. The lowest BCUT2D eigenvalue weighted by Crippen LogP contribution is -2.04. The van der Waals surface area contributed by atoms with Gasteiger partial charge in [0.25, 0.3) is 0 Å². The van der Waals surface area contributed by atoms with E-state index in [0.717, 1.165) is 23.6 Å². The SMILES string of the molecule is CCNc1nccc(Nc2c(C)cccc2Cl)n1. The standard InChI is InChI=1S/C13H15ClN4/c1-3-15-13-16-8-7-11(18-13)17-12-9(2)5-4-6-10(12)14/h4-8H,3H2,1-2H3,(H2,15,16,17,18). The summed E-state index contributed by atoms with van der Waals surface area (Å²) in [5.74, 6) is 1.32. The van der Waals surface area contributed by atoms with E-state index in [0.29, 0.717) is 11.0 Å². The number of para-hydroxylation sites is 1. The largest absolute Gasteiger partial charge is 0.354 e. The summed E-state index contributed by atoms with van der Waals surface area (Å²) >= 11 is 6.16. The highest BCUT2D eigenvalue weighted by Crippen LogP contribution is 2.27. The summed E-state index contributed by atoms with van der Waals surface area (Å²) in [5, 5.41) is 6.96. The molecular formula is C13H15ClN4. The monoisotopic (exact) mass is 262 g/mol. The van der Waals surface area contributed by atoms with Gasteiger partial charge in [-0.2, -0.15) is 4.98 Å². The number of halogens is 1. The van der Waals surface area contributed by atoms with E-state index in [-0.39, 0.29) is 0 Å².